The number of hydrogen-bond donors (Lipinski definition) is 1. The lowest BCUT2D eigenvalue weighted by Crippen LogP contribution is -2.49. The summed E-state index contributed by atoms with van der Waals surface area (Å²) in [5.41, 5.74) is -3.96. The number of rotatable bonds is 5. The first-order chi connectivity index (χ1) is 28.7. The Hall–Kier alpha value is -5.68. The predicted octanol–water partition coefficient (Wildman–Crippen LogP) is 9.45. The van der Waals surface area contributed by atoms with Crippen molar-refractivity contribution in [1.82, 2.24) is 9.78 Å². The van der Waals surface area contributed by atoms with Crippen molar-refractivity contribution in [3.05, 3.63) is 99.6 Å². The highest BCUT2D eigenvalue weighted by Crippen LogP contribution is 2.65. The van der Waals surface area contributed by atoms with Gasteiger partial charge in [-0.3, -0.25) is 23.9 Å². The van der Waals surface area contributed by atoms with E-state index in [1.165, 1.54) is 29.2 Å². The molecule has 4 heterocycles. The van der Waals surface area contributed by atoms with Gasteiger partial charge in [-0.05, 0) is 86.0 Å². The first-order valence-electron chi connectivity index (χ1n) is 19.0. The van der Waals surface area contributed by atoms with E-state index >= 15 is 4.79 Å². The van der Waals surface area contributed by atoms with Gasteiger partial charge < -0.3 is 9.84 Å². The van der Waals surface area contributed by atoms with E-state index in [0.717, 1.165) is 25.4 Å². The Labute approximate surface area is 351 Å². The summed E-state index contributed by atoms with van der Waals surface area (Å²) in [6, 6.07) is 12.3. The molecule has 0 unspecified atom stereocenters. The van der Waals surface area contributed by atoms with Crippen LogP contribution in [0.2, 0.25) is 5.02 Å². The number of imide groups is 2. The Morgan fingerprint density at radius 1 is 0.902 bits per heavy atom. The van der Waals surface area contributed by atoms with Gasteiger partial charge in [0, 0.05) is 34.3 Å². The zero-order valence-corrected chi connectivity index (χ0v) is 34.1. The molecule has 0 spiro atoms. The molecular weight excluding hydrogens is 850 g/mol. The summed E-state index contributed by atoms with van der Waals surface area (Å²) in [5, 5.41) is 17.8. The monoisotopic (exact) mass is 882 g/mol. The van der Waals surface area contributed by atoms with E-state index in [1.54, 1.807) is 44.3 Å². The highest BCUT2D eigenvalue weighted by Gasteiger charge is 2.68. The van der Waals surface area contributed by atoms with Gasteiger partial charge in [-0.1, -0.05) is 35.4 Å². The Morgan fingerprint density at radius 2 is 1.59 bits per heavy atom. The van der Waals surface area contributed by atoms with Crippen LogP contribution in [0.15, 0.2) is 72.3 Å². The lowest BCUT2D eigenvalue weighted by atomic mass is 9.51. The topological polar surface area (TPSA) is 122 Å². The average molecular weight is 883 g/mol. The molecule has 316 valence electrons. The number of carbonyl (C=O) groups excluding carboxylic acids is 4. The molecule has 0 bridgehead atoms. The van der Waals surface area contributed by atoms with E-state index < -0.39 is 87.8 Å². The van der Waals surface area contributed by atoms with E-state index in [-0.39, 0.29) is 41.8 Å². The molecule has 2 aliphatic carbocycles. The van der Waals surface area contributed by atoms with Gasteiger partial charge in [0.2, 0.25) is 23.6 Å². The van der Waals surface area contributed by atoms with Crippen LogP contribution >= 0.6 is 22.9 Å². The maximum absolute atomic E-state index is 15.1. The van der Waals surface area contributed by atoms with Crippen LogP contribution in [0.5, 0.6) is 11.5 Å². The third-order valence-electron chi connectivity index (χ3n) is 12.9. The molecule has 2 aliphatic heterocycles. The molecule has 4 amide bonds. The molecule has 9 rings (SSSR count). The van der Waals surface area contributed by atoms with E-state index in [0.29, 0.717) is 33.3 Å². The van der Waals surface area contributed by atoms with Gasteiger partial charge in [-0.2, -0.15) is 31.4 Å². The zero-order chi connectivity index (χ0) is 43.8. The van der Waals surface area contributed by atoms with Crippen molar-refractivity contribution in [3.63, 3.8) is 0 Å². The average Bonchev–Trinajstić information content (AvgIpc) is 3.87. The van der Waals surface area contributed by atoms with Gasteiger partial charge in [-0.25, -0.2) is 9.80 Å². The molecule has 6 atom stereocenters. The summed E-state index contributed by atoms with van der Waals surface area (Å²) in [5.74, 6) is -9.34. The highest BCUT2D eigenvalue weighted by atomic mass is 35.5. The summed E-state index contributed by atoms with van der Waals surface area (Å²) < 4.78 is 91.3. The minimum Gasteiger partial charge on any atom is -0.504 e. The maximum atomic E-state index is 15.1. The second kappa shape index (κ2) is 13.7. The zero-order valence-electron chi connectivity index (χ0n) is 32.5. The van der Waals surface area contributed by atoms with Gasteiger partial charge in [-0.15, -0.1) is 11.3 Å². The van der Waals surface area contributed by atoms with Crippen molar-refractivity contribution in [3.8, 4) is 22.1 Å². The Balaban J connectivity index is 1.16. The largest absolute Gasteiger partial charge is 0.504 e. The number of methoxy groups -OCH3 is 1. The van der Waals surface area contributed by atoms with Crippen molar-refractivity contribution in [2.45, 2.75) is 45.0 Å². The van der Waals surface area contributed by atoms with E-state index in [9.17, 15) is 45.8 Å². The van der Waals surface area contributed by atoms with Crippen LogP contribution in [0.4, 0.5) is 37.8 Å². The number of aryl methyl sites for hydroxylation is 2. The van der Waals surface area contributed by atoms with Crippen molar-refractivity contribution >= 4 is 68.2 Å². The standard InChI is InChI=1S/C43H33ClF6N4O6S/c1-18-26-15-21(44)8-11-31(26)61-36(18)29-17-32(52(3)51-29)54-38(57)28-16-27-23(34(41(28,2)40(54)59)25-6-5-7-30(60-4)35(25)55)9-10-24-33(27)39(58)53(37(24)56)22-13-19(42(45,46)47)12-20(14-22)43(48,49)50/h5-9,11-15,17,24,27-28,33-34,55H,10,16H2,1-4H3/t24-,27+,28-,33-,34+,41+/m0/s1. The quantitative estimate of drug-likeness (QED) is 0.106. The Morgan fingerprint density at radius 3 is 2.25 bits per heavy atom. The van der Waals surface area contributed by atoms with Crippen LogP contribution in [0.25, 0.3) is 20.7 Å². The first-order valence-corrected chi connectivity index (χ1v) is 20.2. The number of hydrogen-bond acceptors (Lipinski definition) is 8. The Bertz CT molecular complexity index is 2760. The summed E-state index contributed by atoms with van der Waals surface area (Å²) in [4.78, 5) is 60.8. The number of benzene rings is 3. The highest BCUT2D eigenvalue weighted by molar-refractivity contribution is 7.22. The molecule has 1 N–H and O–H groups in total. The predicted molar refractivity (Wildman–Crippen MR) is 212 cm³/mol. The van der Waals surface area contributed by atoms with Crippen LogP contribution in [0.3, 0.4) is 0 Å². The maximum Gasteiger partial charge on any atom is 0.416 e. The van der Waals surface area contributed by atoms with Gasteiger partial charge >= 0.3 is 12.4 Å². The number of para-hydroxylation sites is 1. The fourth-order valence-electron chi connectivity index (χ4n) is 10.1. The smallest absolute Gasteiger partial charge is 0.416 e. The first kappa shape index (κ1) is 40.7. The molecule has 1 saturated carbocycles. The lowest BCUT2D eigenvalue weighted by Gasteiger charge is -2.49. The van der Waals surface area contributed by atoms with Crippen LogP contribution in [0.1, 0.15) is 47.9 Å². The SMILES string of the molecule is COc1cccc([C@H]2C3=CC[C@@H]4C(=O)N(c5cc(C(F)(F)F)cc(C(F)(F)F)c5)C(=O)[C@@H]4[C@@H]3C[C@H]3C(=O)N(c4cc(-c5sc6ccc(Cl)cc6c5C)nn4C)C(=O)[C@@]23C)c1O. The minimum atomic E-state index is -5.25. The van der Waals surface area contributed by atoms with Gasteiger partial charge in [0.1, 0.15) is 11.5 Å². The normalized spacial score (nSPS) is 25.3. The number of ether oxygens (including phenoxy) is 1. The number of thiophene rings is 1. The number of fused-ring (bicyclic) bond motifs is 5. The van der Waals surface area contributed by atoms with Crippen LogP contribution in [-0.2, 0) is 38.6 Å². The molecule has 3 aromatic carbocycles. The molecular formula is C43H33ClF6N4O6S. The molecule has 61 heavy (non-hydrogen) atoms. The third-order valence-corrected chi connectivity index (χ3v) is 14.4. The number of aromatic nitrogens is 2. The summed E-state index contributed by atoms with van der Waals surface area (Å²) in [6.45, 7) is 3.50. The molecule has 3 fully saturated rings. The molecule has 5 aromatic rings. The van der Waals surface area contributed by atoms with Crippen LogP contribution < -0.4 is 14.5 Å². The second-order valence-corrected chi connectivity index (χ2v) is 17.5. The summed E-state index contributed by atoms with van der Waals surface area (Å²) >= 11 is 7.73. The summed E-state index contributed by atoms with van der Waals surface area (Å²) in [7, 11) is 2.91. The van der Waals surface area contributed by atoms with E-state index in [4.69, 9.17) is 21.4 Å². The van der Waals surface area contributed by atoms with Crippen molar-refractivity contribution in [2.24, 2.45) is 36.1 Å². The Kier molecular flexibility index (Phi) is 9.12. The van der Waals surface area contributed by atoms with Crippen LogP contribution in [-0.4, -0.2) is 45.6 Å². The van der Waals surface area contributed by atoms with Gasteiger partial charge in [0.15, 0.2) is 11.5 Å². The molecule has 2 saturated heterocycles. The molecule has 4 aliphatic rings. The van der Waals surface area contributed by atoms with E-state index in [2.05, 4.69) is 0 Å². The fraction of sp³-hybridized carbons (Fsp3) is 0.326. The number of phenols is 1. The number of allylic oxidation sites excluding steroid dienone is 2. The molecule has 18 heteroatoms. The summed E-state index contributed by atoms with van der Waals surface area (Å²) in [6.07, 6.45) is -9.21. The van der Waals surface area contributed by atoms with Gasteiger partial charge in [0.05, 0.1) is 52.0 Å². The lowest BCUT2D eigenvalue weighted by molar-refractivity contribution is -0.143. The second-order valence-electron chi connectivity index (χ2n) is 16.0. The number of nitrogens with zero attached hydrogens (tertiary/aromatic N) is 4. The number of carbonyl (C=O) groups is 4. The number of halogens is 7. The van der Waals surface area contributed by atoms with Crippen molar-refractivity contribution < 1.29 is 55.4 Å². The number of anilines is 2. The number of alkyl halides is 6. The molecule has 10 nitrogen and oxygen atoms in total. The third kappa shape index (κ3) is 5.93. The minimum absolute atomic E-state index is 0.0438. The molecule has 0 radical (unpaired) electrons. The number of phenolic OH excluding ortho intramolecular Hbond substituents is 1. The fourth-order valence-corrected chi connectivity index (χ4v) is 11.4. The van der Waals surface area contributed by atoms with Crippen LogP contribution in [0, 0.1) is 36.0 Å². The van der Waals surface area contributed by atoms with Gasteiger partial charge in [0.25, 0.3) is 0 Å². The van der Waals surface area contributed by atoms with Crippen molar-refractivity contribution in [1.29, 1.82) is 0 Å². The number of aromatic hydroxyl groups is 1. The van der Waals surface area contributed by atoms with Crippen molar-refractivity contribution in [2.75, 3.05) is 16.9 Å². The molecule has 2 aromatic heterocycles. The number of amides is 4. The van der Waals surface area contributed by atoms with E-state index in [1.807, 2.05) is 19.1 Å².